The zero-order valence-corrected chi connectivity index (χ0v) is 13.8. The minimum atomic E-state index is -0.866. The molecule has 1 amide bonds. The van der Waals surface area contributed by atoms with E-state index in [4.69, 9.17) is 0 Å². The summed E-state index contributed by atoms with van der Waals surface area (Å²) in [4.78, 5) is 17.5. The molecule has 2 N–H and O–H groups in total. The Bertz CT molecular complexity index is 564. The predicted molar refractivity (Wildman–Crippen MR) is 87.9 cm³/mol. The molecule has 0 saturated carbocycles. The third-order valence-corrected chi connectivity index (χ3v) is 4.25. The summed E-state index contributed by atoms with van der Waals surface area (Å²) in [6.07, 6.45) is 5.63. The normalized spacial score (nSPS) is 18.8. The molecule has 120 valence electrons. The van der Waals surface area contributed by atoms with E-state index in [2.05, 4.69) is 30.2 Å². The number of carboxylic acid groups (broad SMARTS) is 1. The van der Waals surface area contributed by atoms with Gasteiger partial charge in [-0.1, -0.05) is 26.0 Å². The van der Waals surface area contributed by atoms with Gasteiger partial charge in [0.15, 0.2) is 0 Å². The second-order valence-corrected chi connectivity index (χ2v) is 6.53. The first-order valence-corrected chi connectivity index (χ1v) is 7.70. The Kier molecular flexibility index (Phi) is 4.74. The number of hydrogen-bond donors (Lipinski definition) is 2. The number of anilines is 1. The molecule has 1 unspecified atom stereocenters. The highest BCUT2D eigenvalue weighted by Crippen LogP contribution is 2.37. The minimum absolute atomic E-state index is 0.0292. The van der Waals surface area contributed by atoms with Gasteiger partial charge in [-0.15, -0.1) is 0 Å². The van der Waals surface area contributed by atoms with Crippen LogP contribution in [-0.2, 0) is 6.42 Å². The number of aromatic nitrogens is 1. The SMILES string of the molecule is CNc1ccc(CC(C)(C)C2=CCCC(C)N2C(=O)O)cn1. The summed E-state index contributed by atoms with van der Waals surface area (Å²) in [5, 5.41) is 12.5. The predicted octanol–water partition coefficient (Wildman–Crippen LogP) is 3.74. The number of hydrogen-bond acceptors (Lipinski definition) is 3. The van der Waals surface area contributed by atoms with Crippen molar-refractivity contribution in [3.8, 4) is 0 Å². The van der Waals surface area contributed by atoms with Crippen molar-refractivity contribution in [1.29, 1.82) is 0 Å². The molecule has 5 nitrogen and oxygen atoms in total. The van der Waals surface area contributed by atoms with Gasteiger partial charge in [0.2, 0.25) is 0 Å². The molecule has 1 aliphatic rings. The van der Waals surface area contributed by atoms with Gasteiger partial charge in [0, 0.05) is 30.4 Å². The van der Waals surface area contributed by atoms with Crippen LogP contribution in [0.2, 0.25) is 0 Å². The Labute approximate surface area is 132 Å². The summed E-state index contributed by atoms with van der Waals surface area (Å²) in [6.45, 7) is 6.16. The molecular weight excluding hydrogens is 278 g/mol. The van der Waals surface area contributed by atoms with Gasteiger partial charge >= 0.3 is 6.09 Å². The van der Waals surface area contributed by atoms with E-state index in [-0.39, 0.29) is 11.5 Å². The fourth-order valence-electron chi connectivity index (χ4n) is 3.10. The van der Waals surface area contributed by atoms with Gasteiger partial charge < -0.3 is 10.4 Å². The van der Waals surface area contributed by atoms with Gasteiger partial charge in [0.1, 0.15) is 5.82 Å². The first-order chi connectivity index (χ1) is 10.3. The molecule has 0 radical (unpaired) electrons. The van der Waals surface area contributed by atoms with Crippen molar-refractivity contribution in [3.63, 3.8) is 0 Å². The van der Waals surface area contributed by atoms with Crippen LogP contribution >= 0.6 is 0 Å². The lowest BCUT2D eigenvalue weighted by molar-refractivity contribution is 0.123. The Balaban J connectivity index is 2.23. The van der Waals surface area contributed by atoms with Gasteiger partial charge in [-0.2, -0.15) is 0 Å². The van der Waals surface area contributed by atoms with Crippen molar-refractivity contribution in [3.05, 3.63) is 35.7 Å². The van der Waals surface area contributed by atoms with Crippen LogP contribution in [0.25, 0.3) is 0 Å². The molecule has 0 bridgehead atoms. The van der Waals surface area contributed by atoms with E-state index in [1.54, 1.807) is 0 Å². The van der Waals surface area contributed by atoms with E-state index < -0.39 is 6.09 Å². The van der Waals surface area contributed by atoms with Crippen LogP contribution in [-0.4, -0.2) is 34.2 Å². The van der Waals surface area contributed by atoms with Crippen LogP contribution in [0.1, 0.15) is 39.2 Å². The van der Waals surface area contributed by atoms with Crippen LogP contribution in [0.4, 0.5) is 10.6 Å². The van der Waals surface area contributed by atoms with E-state index >= 15 is 0 Å². The van der Waals surface area contributed by atoms with Gasteiger partial charge in [-0.25, -0.2) is 9.78 Å². The molecule has 1 atom stereocenters. The largest absolute Gasteiger partial charge is 0.465 e. The lowest BCUT2D eigenvalue weighted by Crippen LogP contribution is -2.44. The number of rotatable bonds is 4. The van der Waals surface area contributed by atoms with Crippen molar-refractivity contribution < 1.29 is 9.90 Å². The Morgan fingerprint density at radius 2 is 2.23 bits per heavy atom. The average molecular weight is 303 g/mol. The van der Waals surface area contributed by atoms with E-state index in [9.17, 15) is 9.90 Å². The van der Waals surface area contributed by atoms with Crippen LogP contribution in [0.3, 0.4) is 0 Å². The van der Waals surface area contributed by atoms with Crippen LogP contribution in [0.5, 0.6) is 0 Å². The Morgan fingerprint density at radius 1 is 1.50 bits per heavy atom. The molecule has 0 fully saturated rings. The molecule has 2 rings (SSSR count). The molecule has 5 heteroatoms. The zero-order chi connectivity index (χ0) is 16.3. The maximum absolute atomic E-state index is 11.6. The maximum Gasteiger partial charge on any atom is 0.411 e. The quantitative estimate of drug-likeness (QED) is 0.889. The van der Waals surface area contributed by atoms with Gasteiger partial charge in [0.25, 0.3) is 0 Å². The second kappa shape index (κ2) is 6.38. The third kappa shape index (κ3) is 3.40. The van der Waals surface area contributed by atoms with Crippen LogP contribution < -0.4 is 5.32 Å². The standard InChI is InChI=1S/C17H25N3O2/c1-12-6-5-7-14(20(12)16(21)22)17(2,3)10-13-8-9-15(18-4)19-11-13/h7-9,11-12H,5-6,10H2,1-4H3,(H,18,19)(H,21,22). The summed E-state index contributed by atoms with van der Waals surface area (Å²) >= 11 is 0. The van der Waals surface area contributed by atoms with Gasteiger partial charge in [-0.3, -0.25) is 4.90 Å². The summed E-state index contributed by atoms with van der Waals surface area (Å²) < 4.78 is 0. The number of pyridine rings is 1. The molecule has 22 heavy (non-hydrogen) atoms. The molecule has 0 aromatic carbocycles. The Morgan fingerprint density at radius 3 is 2.77 bits per heavy atom. The number of amides is 1. The second-order valence-electron chi connectivity index (χ2n) is 6.53. The van der Waals surface area contributed by atoms with E-state index in [1.165, 1.54) is 4.90 Å². The van der Waals surface area contributed by atoms with Crippen molar-refractivity contribution >= 4 is 11.9 Å². The molecule has 0 aliphatic carbocycles. The highest BCUT2D eigenvalue weighted by molar-refractivity contribution is 5.68. The van der Waals surface area contributed by atoms with Gasteiger partial charge in [0.05, 0.1) is 0 Å². The van der Waals surface area contributed by atoms with E-state index in [0.29, 0.717) is 0 Å². The number of nitrogens with zero attached hydrogens (tertiary/aromatic N) is 2. The molecule has 1 aromatic heterocycles. The van der Waals surface area contributed by atoms with Crippen LogP contribution in [0.15, 0.2) is 30.1 Å². The fourth-order valence-corrected chi connectivity index (χ4v) is 3.10. The molecule has 1 aromatic rings. The minimum Gasteiger partial charge on any atom is -0.465 e. The average Bonchev–Trinajstić information content (AvgIpc) is 2.47. The lowest BCUT2D eigenvalue weighted by Gasteiger charge is -2.40. The van der Waals surface area contributed by atoms with Crippen molar-refractivity contribution in [2.24, 2.45) is 5.41 Å². The summed E-state index contributed by atoms with van der Waals surface area (Å²) in [5.74, 6) is 0.833. The van der Waals surface area contributed by atoms with E-state index in [0.717, 1.165) is 36.3 Å². The number of nitrogens with one attached hydrogen (secondary N) is 1. The third-order valence-electron chi connectivity index (χ3n) is 4.25. The molecule has 0 spiro atoms. The summed E-state index contributed by atoms with van der Waals surface area (Å²) in [7, 11) is 1.84. The monoisotopic (exact) mass is 303 g/mol. The maximum atomic E-state index is 11.6. The molecule has 0 saturated heterocycles. The topological polar surface area (TPSA) is 65.5 Å². The lowest BCUT2D eigenvalue weighted by atomic mass is 9.80. The van der Waals surface area contributed by atoms with Gasteiger partial charge in [-0.05, 0) is 37.8 Å². The molecule has 2 heterocycles. The highest BCUT2D eigenvalue weighted by Gasteiger charge is 2.35. The first kappa shape index (κ1) is 16.3. The van der Waals surface area contributed by atoms with Crippen molar-refractivity contribution in [1.82, 2.24) is 9.88 Å². The molecule has 1 aliphatic heterocycles. The fraction of sp³-hybridized carbons (Fsp3) is 0.529. The van der Waals surface area contributed by atoms with Crippen LogP contribution in [0, 0.1) is 5.41 Å². The zero-order valence-electron chi connectivity index (χ0n) is 13.8. The van der Waals surface area contributed by atoms with Crippen molar-refractivity contribution in [2.45, 2.75) is 46.1 Å². The Hall–Kier alpha value is -2.04. The van der Waals surface area contributed by atoms with Crippen molar-refractivity contribution in [2.75, 3.05) is 12.4 Å². The number of carbonyl (C=O) groups is 1. The summed E-state index contributed by atoms with van der Waals surface area (Å²) in [6, 6.07) is 4.01. The first-order valence-electron chi connectivity index (χ1n) is 7.70. The highest BCUT2D eigenvalue weighted by atomic mass is 16.4. The summed E-state index contributed by atoms with van der Waals surface area (Å²) in [5.41, 5.74) is 1.75. The van der Waals surface area contributed by atoms with E-state index in [1.807, 2.05) is 32.3 Å². The number of allylic oxidation sites excluding steroid dienone is 2. The smallest absolute Gasteiger partial charge is 0.411 e. The molecular formula is C17H25N3O2.